The number of hydrogen-bond donors (Lipinski definition) is 1. The lowest BCUT2D eigenvalue weighted by Gasteiger charge is -2.03. The summed E-state index contributed by atoms with van der Waals surface area (Å²) < 4.78 is 4.92. The molecule has 1 amide bonds. The summed E-state index contributed by atoms with van der Waals surface area (Å²) >= 11 is 0. The maximum atomic E-state index is 11.3. The predicted molar refractivity (Wildman–Crippen MR) is 55.5 cm³/mol. The third kappa shape index (κ3) is 3.09. The minimum Gasteiger partial charge on any atom is -0.462 e. The molecule has 0 atom stereocenters. The van der Waals surface area contributed by atoms with E-state index in [-0.39, 0.29) is 5.97 Å². The van der Waals surface area contributed by atoms with Crippen LogP contribution in [0.1, 0.15) is 34.1 Å². The van der Waals surface area contributed by atoms with Gasteiger partial charge >= 0.3 is 5.97 Å². The molecule has 0 spiro atoms. The van der Waals surface area contributed by atoms with Gasteiger partial charge in [0.15, 0.2) is 0 Å². The molecule has 0 radical (unpaired) electrons. The molecule has 0 aromatic heterocycles. The first-order valence-corrected chi connectivity index (χ1v) is 4.72. The molecule has 0 fully saturated rings. The predicted octanol–water partition coefficient (Wildman–Crippen LogP) is 1.35. The van der Waals surface area contributed by atoms with Gasteiger partial charge in [-0.25, -0.2) is 4.79 Å². The molecule has 15 heavy (non-hydrogen) atoms. The molecular weight excluding hydrogens is 194 g/mol. The fourth-order valence-corrected chi connectivity index (χ4v) is 1.05. The standard InChI is InChI=1S/C11H13NO3/c1-2-7-15-11(14)9-5-3-8(4-6-9)10(12)13/h3-6H,2,7H2,1H3,(H2,12,13). The van der Waals surface area contributed by atoms with Gasteiger partial charge in [-0.1, -0.05) is 6.92 Å². The average molecular weight is 207 g/mol. The van der Waals surface area contributed by atoms with Gasteiger partial charge in [-0.15, -0.1) is 0 Å². The van der Waals surface area contributed by atoms with Crippen molar-refractivity contribution in [2.24, 2.45) is 5.73 Å². The van der Waals surface area contributed by atoms with Crippen LogP contribution in [0.3, 0.4) is 0 Å². The highest BCUT2D eigenvalue weighted by atomic mass is 16.5. The molecule has 0 heterocycles. The molecule has 4 heteroatoms. The van der Waals surface area contributed by atoms with Gasteiger partial charge in [0.05, 0.1) is 12.2 Å². The van der Waals surface area contributed by atoms with Crippen molar-refractivity contribution in [2.75, 3.05) is 6.61 Å². The molecule has 0 bridgehead atoms. The first-order chi connectivity index (χ1) is 7.15. The van der Waals surface area contributed by atoms with E-state index in [1.807, 2.05) is 6.92 Å². The fraction of sp³-hybridized carbons (Fsp3) is 0.273. The van der Waals surface area contributed by atoms with Crippen molar-refractivity contribution in [1.29, 1.82) is 0 Å². The van der Waals surface area contributed by atoms with Crippen molar-refractivity contribution in [3.63, 3.8) is 0 Å². The summed E-state index contributed by atoms with van der Waals surface area (Å²) in [5.41, 5.74) is 5.87. The summed E-state index contributed by atoms with van der Waals surface area (Å²) in [6, 6.07) is 6.06. The van der Waals surface area contributed by atoms with E-state index in [0.29, 0.717) is 17.7 Å². The largest absolute Gasteiger partial charge is 0.462 e. The number of carbonyl (C=O) groups excluding carboxylic acids is 2. The number of primary amides is 1. The summed E-state index contributed by atoms with van der Waals surface area (Å²) in [5.74, 6) is -0.892. The van der Waals surface area contributed by atoms with E-state index >= 15 is 0 Å². The van der Waals surface area contributed by atoms with Crippen LogP contribution in [-0.4, -0.2) is 18.5 Å². The highest BCUT2D eigenvalue weighted by Crippen LogP contribution is 2.05. The van der Waals surface area contributed by atoms with Crippen molar-refractivity contribution in [1.82, 2.24) is 0 Å². The van der Waals surface area contributed by atoms with Crippen molar-refractivity contribution < 1.29 is 14.3 Å². The van der Waals surface area contributed by atoms with E-state index in [2.05, 4.69) is 0 Å². The molecule has 0 aliphatic heterocycles. The van der Waals surface area contributed by atoms with Crippen LogP contribution in [0.25, 0.3) is 0 Å². The van der Waals surface area contributed by atoms with Gasteiger partial charge in [0.2, 0.25) is 5.91 Å². The molecule has 4 nitrogen and oxygen atoms in total. The Kier molecular flexibility index (Phi) is 3.85. The number of carbonyl (C=O) groups is 2. The lowest BCUT2D eigenvalue weighted by molar-refractivity contribution is 0.0505. The SMILES string of the molecule is CCCOC(=O)c1ccc(C(N)=O)cc1. The molecule has 0 unspecified atom stereocenters. The van der Waals surface area contributed by atoms with E-state index in [1.165, 1.54) is 24.3 Å². The fourth-order valence-electron chi connectivity index (χ4n) is 1.05. The van der Waals surface area contributed by atoms with Gasteiger partial charge in [-0.05, 0) is 30.7 Å². The van der Waals surface area contributed by atoms with Crippen molar-refractivity contribution >= 4 is 11.9 Å². The summed E-state index contributed by atoms with van der Waals surface area (Å²) in [6.45, 7) is 2.32. The van der Waals surface area contributed by atoms with Gasteiger partial charge in [0.25, 0.3) is 0 Å². The van der Waals surface area contributed by atoms with Crippen molar-refractivity contribution in [3.8, 4) is 0 Å². The lowest BCUT2D eigenvalue weighted by atomic mass is 10.1. The van der Waals surface area contributed by atoms with E-state index in [4.69, 9.17) is 10.5 Å². The van der Waals surface area contributed by atoms with Gasteiger partial charge in [-0.3, -0.25) is 4.79 Å². The Bertz CT molecular complexity index is 357. The molecule has 80 valence electrons. The van der Waals surface area contributed by atoms with E-state index in [9.17, 15) is 9.59 Å². The molecule has 0 aliphatic rings. The third-order valence-corrected chi connectivity index (χ3v) is 1.84. The van der Waals surface area contributed by atoms with Crippen molar-refractivity contribution in [3.05, 3.63) is 35.4 Å². The molecule has 1 aromatic rings. The highest BCUT2D eigenvalue weighted by Gasteiger charge is 2.07. The number of ether oxygens (including phenoxy) is 1. The van der Waals surface area contributed by atoms with Crippen LogP contribution >= 0.6 is 0 Å². The maximum absolute atomic E-state index is 11.3. The number of benzene rings is 1. The molecular formula is C11H13NO3. The molecule has 0 aliphatic carbocycles. The summed E-state index contributed by atoms with van der Waals surface area (Å²) in [7, 11) is 0. The molecule has 1 aromatic carbocycles. The molecule has 2 N–H and O–H groups in total. The van der Waals surface area contributed by atoms with Gasteiger partial charge in [-0.2, -0.15) is 0 Å². The van der Waals surface area contributed by atoms with Gasteiger partial charge in [0, 0.05) is 5.56 Å². The van der Waals surface area contributed by atoms with E-state index < -0.39 is 5.91 Å². The first-order valence-electron chi connectivity index (χ1n) is 4.72. The van der Waals surface area contributed by atoms with E-state index in [1.54, 1.807) is 0 Å². The Balaban J connectivity index is 2.71. The van der Waals surface area contributed by atoms with Crippen LogP contribution in [0.5, 0.6) is 0 Å². The molecule has 0 saturated heterocycles. The number of rotatable bonds is 4. The van der Waals surface area contributed by atoms with Crippen LogP contribution in [0.4, 0.5) is 0 Å². The van der Waals surface area contributed by atoms with Gasteiger partial charge < -0.3 is 10.5 Å². The molecule has 0 saturated carbocycles. The lowest BCUT2D eigenvalue weighted by Crippen LogP contribution is -2.11. The van der Waals surface area contributed by atoms with E-state index in [0.717, 1.165) is 6.42 Å². The number of hydrogen-bond acceptors (Lipinski definition) is 3. The average Bonchev–Trinajstić information content (AvgIpc) is 2.26. The zero-order valence-corrected chi connectivity index (χ0v) is 8.53. The zero-order valence-electron chi connectivity index (χ0n) is 8.53. The minimum absolute atomic E-state index is 0.377. The van der Waals surface area contributed by atoms with Crippen LogP contribution in [-0.2, 0) is 4.74 Å². The topological polar surface area (TPSA) is 69.4 Å². The number of esters is 1. The normalized spacial score (nSPS) is 9.67. The Morgan fingerprint density at radius 3 is 2.20 bits per heavy atom. The van der Waals surface area contributed by atoms with Crippen LogP contribution in [0.2, 0.25) is 0 Å². The molecule has 1 rings (SSSR count). The minimum atomic E-state index is -0.511. The summed E-state index contributed by atoms with van der Waals surface area (Å²) in [5, 5.41) is 0. The smallest absolute Gasteiger partial charge is 0.338 e. The maximum Gasteiger partial charge on any atom is 0.338 e. The number of nitrogens with two attached hydrogens (primary N) is 1. The van der Waals surface area contributed by atoms with Crippen LogP contribution in [0, 0.1) is 0 Å². The Hall–Kier alpha value is -1.84. The summed E-state index contributed by atoms with van der Waals surface area (Å²) in [4.78, 5) is 22.1. The highest BCUT2D eigenvalue weighted by molar-refractivity contribution is 5.95. The van der Waals surface area contributed by atoms with Crippen molar-refractivity contribution in [2.45, 2.75) is 13.3 Å². The Morgan fingerprint density at radius 1 is 1.20 bits per heavy atom. The third-order valence-electron chi connectivity index (χ3n) is 1.84. The van der Waals surface area contributed by atoms with Gasteiger partial charge in [0.1, 0.15) is 0 Å². The Labute approximate surface area is 88.0 Å². The zero-order chi connectivity index (χ0) is 11.3. The monoisotopic (exact) mass is 207 g/mol. The van der Waals surface area contributed by atoms with Crippen LogP contribution < -0.4 is 5.73 Å². The number of amides is 1. The second-order valence-corrected chi connectivity index (χ2v) is 3.08. The second-order valence-electron chi connectivity index (χ2n) is 3.08. The Morgan fingerprint density at radius 2 is 1.73 bits per heavy atom. The second kappa shape index (κ2) is 5.14. The first kappa shape index (κ1) is 11.2. The van der Waals surface area contributed by atoms with Crippen LogP contribution in [0.15, 0.2) is 24.3 Å². The quantitative estimate of drug-likeness (QED) is 0.757. The summed E-state index contributed by atoms with van der Waals surface area (Å²) in [6.07, 6.45) is 0.783.